The first kappa shape index (κ1) is 14.6. The highest BCUT2D eigenvalue weighted by atomic mass is 16.5. The Morgan fingerprint density at radius 3 is 2.95 bits per heavy atom. The SMILES string of the molecule is Cc1noc(C2CCCN2C(=O)COc2ccccc2C)n1. The minimum atomic E-state index is -0.130. The predicted octanol–water partition coefficient (Wildman–Crippen LogP) is 2.43. The lowest BCUT2D eigenvalue weighted by Crippen LogP contribution is -2.34. The molecule has 0 bridgehead atoms. The molecular formula is C16H19N3O3. The molecule has 1 aliphatic rings. The number of hydrogen-bond acceptors (Lipinski definition) is 5. The summed E-state index contributed by atoms with van der Waals surface area (Å²) in [6, 6.07) is 7.53. The summed E-state index contributed by atoms with van der Waals surface area (Å²) < 4.78 is 10.9. The van der Waals surface area contributed by atoms with Crippen LogP contribution in [-0.4, -0.2) is 34.1 Å². The Bertz CT molecular complexity index is 668. The van der Waals surface area contributed by atoms with E-state index in [4.69, 9.17) is 9.26 Å². The van der Waals surface area contributed by atoms with Gasteiger partial charge < -0.3 is 14.2 Å². The maximum absolute atomic E-state index is 12.4. The second kappa shape index (κ2) is 6.17. The second-order valence-electron chi connectivity index (χ2n) is 5.48. The number of benzene rings is 1. The first-order valence-electron chi connectivity index (χ1n) is 7.43. The Hall–Kier alpha value is -2.37. The molecule has 2 aromatic rings. The molecule has 0 aliphatic carbocycles. The summed E-state index contributed by atoms with van der Waals surface area (Å²) in [6.45, 7) is 4.45. The lowest BCUT2D eigenvalue weighted by Gasteiger charge is -2.22. The zero-order chi connectivity index (χ0) is 15.5. The van der Waals surface area contributed by atoms with Gasteiger partial charge in [-0.1, -0.05) is 23.4 Å². The molecular weight excluding hydrogens is 282 g/mol. The van der Waals surface area contributed by atoms with Crippen LogP contribution in [0.1, 0.15) is 36.2 Å². The van der Waals surface area contributed by atoms with Crippen molar-refractivity contribution < 1.29 is 14.1 Å². The number of ether oxygens (including phenoxy) is 1. The highest BCUT2D eigenvalue weighted by Crippen LogP contribution is 2.31. The monoisotopic (exact) mass is 301 g/mol. The van der Waals surface area contributed by atoms with Crippen LogP contribution in [0.2, 0.25) is 0 Å². The van der Waals surface area contributed by atoms with Crippen molar-refractivity contribution in [2.45, 2.75) is 32.7 Å². The van der Waals surface area contributed by atoms with Crippen molar-refractivity contribution >= 4 is 5.91 Å². The minimum absolute atomic E-state index is 0.0223. The number of carbonyl (C=O) groups excluding carboxylic acids is 1. The number of carbonyl (C=O) groups is 1. The lowest BCUT2D eigenvalue weighted by atomic mass is 10.2. The van der Waals surface area contributed by atoms with E-state index in [2.05, 4.69) is 10.1 Å². The summed E-state index contributed by atoms with van der Waals surface area (Å²) >= 11 is 0. The van der Waals surface area contributed by atoms with Gasteiger partial charge in [0, 0.05) is 6.54 Å². The van der Waals surface area contributed by atoms with Gasteiger partial charge in [0.15, 0.2) is 12.4 Å². The van der Waals surface area contributed by atoms with Gasteiger partial charge in [0.2, 0.25) is 5.89 Å². The fraction of sp³-hybridized carbons (Fsp3) is 0.438. The third kappa shape index (κ3) is 2.95. The molecule has 0 saturated carbocycles. The maximum Gasteiger partial charge on any atom is 0.261 e. The van der Waals surface area contributed by atoms with Crippen LogP contribution in [0.3, 0.4) is 0 Å². The van der Waals surface area contributed by atoms with E-state index in [0.29, 0.717) is 18.3 Å². The molecule has 1 amide bonds. The van der Waals surface area contributed by atoms with E-state index in [-0.39, 0.29) is 18.6 Å². The lowest BCUT2D eigenvalue weighted by molar-refractivity contribution is -0.134. The van der Waals surface area contributed by atoms with Crippen molar-refractivity contribution in [2.24, 2.45) is 0 Å². The maximum atomic E-state index is 12.4. The minimum Gasteiger partial charge on any atom is -0.484 e. The van der Waals surface area contributed by atoms with Crippen LogP contribution in [0, 0.1) is 13.8 Å². The topological polar surface area (TPSA) is 68.5 Å². The van der Waals surface area contributed by atoms with Crippen LogP contribution in [0.5, 0.6) is 5.75 Å². The average molecular weight is 301 g/mol. The molecule has 1 fully saturated rings. The summed E-state index contributed by atoms with van der Waals surface area (Å²) in [5, 5.41) is 3.80. The fourth-order valence-corrected chi connectivity index (χ4v) is 2.71. The molecule has 1 aromatic carbocycles. The molecule has 1 unspecified atom stereocenters. The molecule has 3 rings (SSSR count). The van der Waals surface area contributed by atoms with Gasteiger partial charge in [-0.3, -0.25) is 4.79 Å². The van der Waals surface area contributed by atoms with Crippen LogP contribution in [0.15, 0.2) is 28.8 Å². The molecule has 0 spiro atoms. The van der Waals surface area contributed by atoms with Crippen molar-refractivity contribution in [1.29, 1.82) is 0 Å². The summed E-state index contributed by atoms with van der Waals surface area (Å²) in [5.41, 5.74) is 1.01. The standard InChI is InChI=1S/C16H19N3O3/c1-11-6-3-4-8-14(11)21-10-15(20)19-9-5-7-13(19)16-17-12(2)18-22-16/h3-4,6,8,13H,5,7,9-10H2,1-2H3. The van der Waals surface area contributed by atoms with Gasteiger partial charge in [-0.15, -0.1) is 0 Å². The zero-order valence-corrected chi connectivity index (χ0v) is 12.8. The number of aromatic nitrogens is 2. The van der Waals surface area contributed by atoms with Crippen LogP contribution in [0.25, 0.3) is 0 Å². The molecule has 22 heavy (non-hydrogen) atoms. The van der Waals surface area contributed by atoms with Crippen LogP contribution in [-0.2, 0) is 4.79 Å². The summed E-state index contributed by atoms with van der Waals surface area (Å²) in [4.78, 5) is 18.4. The summed E-state index contributed by atoms with van der Waals surface area (Å²) in [5.74, 6) is 1.78. The third-order valence-corrected chi connectivity index (χ3v) is 3.85. The van der Waals surface area contributed by atoms with E-state index in [1.807, 2.05) is 31.2 Å². The molecule has 1 saturated heterocycles. The quantitative estimate of drug-likeness (QED) is 0.867. The van der Waals surface area contributed by atoms with Gasteiger partial charge in [-0.2, -0.15) is 4.98 Å². The fourth-order valence-electron chi connectivity index (χ4n) is 2.71. The highest BCUT2D eigenvalue weighted by molar-refractivity contribution is 5.78. The molecule has 116 valence electrons. The molecule has 0 radical (unpaired) electrons. The van der Waals surface area contributed by atoms with Crippen molar-refractivity contribution in [1.82, 2.24) is 15.0 Å². The Morgan fingerprint density at radius 1 is 1.41 bits per heavy atom. The van der Waals surface area contributed by atoms with E-state index >= 15 is 0 Å². The Labute approximate surface area is 129 Å². The first-order chi connectivity index (χ1) is 10.6. The zero-order valence-electron chi connectivity index (χ0n) is 12.8. The molecule has 6 nitrogen and oxygen atoms in total. The van der Waals surface area contributed by atoms with Gasteiger partial charge in [0.05, 0.1) is 0 Å². The van der Waals surface area contributed by atoms with Crippen LogP contribution >= 0.6 is 0 Å². The predicted molar refractivity (Wildman–Crippen MR) is 79.4 cm³/mol. The number of aryl methyl sites for hydroxylation is 2. The second-order valence-corrected chi connectivity index (χ2v) is 5.48. The van der Waals surface area contributed by atoms with Crippen molar-refractivity contribution in [3.63, 3.8) is 0 Å². The number of rotatable bonds is 4. The molecule has 2 heterocycles. The number of hydrogen-bond donors (Lipinski definition) is 0. The smallest absolute Gasteiger partial charge is 0.261 e. The van der Waals surface area contributed by atoms with Gasteiger partial charge in [-0.25, -0.2) is 0 Å². The first-order valence-corrected chi connectivity index (χ1v) is 7.43. The molecule has 0 N–H and O–H groups in total. The van der Waals surface area contributed by atoms with Crippen molar-refractivity contribution in [3.05, 3.63) is 41.5 Å². The van der Waals surface area contributed by atoms with E-state index in [0.717, 1.165) is 24.2 Å². The molecule has 6 heteroatoms. The number of nitrogens with zero attached hydrogens (tertiary/aromatic N) is 3. The Morgan fingerprint density at radius 2 is 2.23 bits per heavy atom. The van der Waals surface area contributed by atoms with Crippen LogP contribution in [0.4, 0.5) is 0 Å². The van der Waals surface area contributed by atoms with Crippen LogP contribution < -0.4 is 4.74 Å². The van der Waals surface area contributed by atoms with Crippen molar-refractivity contribution in [3.8, 4) is 5.75 Å². The molecule has 1 aliphatic heterocycles. The summed E-state index contributed by atoms with van der Waals surface area (Å²) in [7, 11) is 0. The highest BCUT2D eigenvalue weighted by Gasteiger charge is 2.33. The molecule has 1 aromatic heterocycles. The number of para-hydroxylation sites is 1. The number of amides is 1. The Balaban J connectivity index is 1.65. The average Bonchev–Trinajstić information content (AvgIpc) is 3.14. The largest absolute Gasteiger partial charge is 0.484 e. The van der Waals surface area contributed by atoms with Gasteiger partial charge in [0.1, 0.15) is 11.8 Å². The van der Waals surface area contributed by atoms with E-state index in [1.54, 1.807) is 11.8 Å². The van der Waals surface area contributed by atoms with Crippen molar-refractivity contribution in [2.75, 3.05) is 13.2 Å². The third-order valence-electron chi connectivity index (χ3n) is 3.85. The van der Waals surface area contributed by atoms with Gasteiger partial charge in [0.25, 0.3) is 5.91 Å². The van der Waals surface area contributed by atoms with E-state index < -0.39 is 0 Å². The van der Waals surface area contributed by atoms with E-state index in [9.17, 15) is 4.79 Å². The summed E-state index contributed by atoms with van der Waals surface area (Å²) in [6.07, 6.45) is 1.78. The Kier molecular flexibility index (Phi) is 4.09. The normalized spacial score (nSPS) is 17.7. The van der Waals surface area contributed by atoms with Gasteiger partial charge in [-0.05, 0) is 38.3 Å². The molecule has 1 atom stereocenters. The number of likely N-dealkylation sites (tertiary alicyclic amines) is 1. The van der Waals surface area contributed by atoms with Gasteiger partial charge >= 0.3 is 0 Å². The van der Waals surface area contributed by atoms with E-state index in [1.165, 1.54) is 0 Å².